The van der Waals surface area contributed by atoms with E-state index in [2.05, 4.69) is 29.6 Å². The van der Waals surface area contributed by atoms with Crippen LogP contribution in [0.5, 0.6) is 0 Å². The molecule has 4 amide bonds. The van der Waals surface area contributed by atoms with Gasteiger partial charge in [0.2, 0.25) is 11.8 Å². The van der Waals surface area contributed by atoms with Crippen molar-refractivity contribution in [2.45, 2.75) is 70.8 Å². The fraction of sp³-hybridized carbons (Fsp3) is 0.556. The van der Waals surface area contributed by atoms with Crippen LogP contribution in [0.4, 0.5) is 9.59 Å². The molecule has 4 aliphatic rings. The Morgan fingerprint density at radius 1 is 0.870 bits per heavy atom. The molecule has 2 aromatic rings. The minimum absolute atomic E-state index is 0.0598. The van der Waals surface area contributed by atoms with Crippen LogP contribution in [0, 0.1) is 10.8 Å². The average molecular weight is 633 g/mol. The highest BCUT2D eigenvalue weighted by molar-refractivity contribution is 5.88. The number of likely N-dealkylation sites (N-methyl/N-ethyl adjacent to an activating group) is 1. The molecule has 4 unspecified atom stereocenters. The van der Waals surface area contributed by atoms with Gasteiger partial charge in [-0.2, -0.15) is 0 Å². The lowest BCUT2D eigenvalue weighted by atomic mass is 9.69. The van der Waals surface area contributed by atoms with E-state index in [0.717, 1.165) is 36.8 Å². The van der Waals surface area contributed by atoms with Crippen molar-refractivity contribution in [3.05, 3.63) is 71.8 Å². The third-order valence-corrected chi connectivity index (χ3v) is 10.1. The number of nitrogens with zero attached hydrogens (tertiary/aromatic N) is 3. The summed E-state index contributed by atoms with van der Waals surface area (Å²) in [6, 6.07) is 20.2. The summed E-state index contributed by atoms with van der Waals surface area (Å²) < 4.78 is 5.51. The van der Waals surface area contributed by atoms with E-state index < -0.39 is 22.5 Å². The Hall–Kier alpha value is -4.08. The van der Waals surface area contributed by atoms with Crippen LogP contribution in [-0.4, -0.2) is 95.2 Å². The van der Waals surface area contributed by atoms with Gasteiger partial charge in [-0.05, 0) is 64.5 Å². The number of ether oxygens (including phenoxy) is 1. The number of likely N-dealkylation sites (tertiary alicyclic amines) is 3. The van der Waals surface area contributed by atoms with Crippen LogP contribution in [0.15, 0.2) is 60.7 Å². The largest absolute Gasteiger partial charge is 0.465 e. The highest BCUT2D eigenvalue weighted by Gasteiger charge is 2.56. The Morgan fingerprint density at radius 2 is 1.41 bits per heavy atom. The van der Waals surface area contributed by atoms with E-state index in [0.29, 0.717) is 45.8 Å². The molecule has 2 N–H and O–H groups in total. The van der Waals surface area contributed by atoms with Crippen LogP contribution < -0.4 is 5.32 Å². The third kappa shape index (κ3) is 6.57. The number of piperidine rings is 2. The topological polar surface area (TPSA) is 119 Å². The summed E-state index contributed by atoms with van der Waals surface area (Å²) >= 11 is 0. The van der Waals surface area contributed by atoms with Crippen molar-refractivity contribution in [2.24, 2.45) is 10.8 Å². The second-order valence-electron chi connectivity index (χ2n) is 14.1. The van der Waals surface area contributed by atoms with Crippen LogP contribution in [0.2, 0.25) is 0 Å². The van der Waals surface area contributed by atoms with Gasteiger partial charge in [0, 0.05) is 57.6 Å². The van der Waals surface area contributed by atoms with E-state index >= 15 is 0 Å². The molecule has 10 heteroatoms. The van der Waals surface area contributed by atoms with Gasteiger partial charge in [-0.15, -0.1) is 0 Å². The summed E-state index contributed by atoms with van der Waals surface area (Å²) in [5, 5.41) is 12.4. The predicted octanol–water partition coefficient (Wildman–Crippen LogP) is 5.31. The monoisotopic (exact) mass is 632 g/mol. The Balaban J connectivity index is 0.000000182. The fourth-order valence-corrected chi connectivity index (χ4v) is 7.91. The van der Waals surface area contributed by atoms with Gasteiger partial charge in [0.25, 0.3) is 0 Å². The lowest BCUT2D eigenvalue weighted by Gasteiger charge is -2.42. The molecule has 6 rings (SSSR count). The van der Waals surface area contributed by atoms with E-state index in [1.165, 1.54) is 4.90 Å². The molecule has 2 aromatic carbocycles. The van der Waals surface area contributed by atoms with Gasteiger partial charge in [-0.3, -0.25) is 9.59 Å². The lowest BCUT2D eigenvalue weighted by Crippen LogP contribution is -2.52. The molecule has 0 aromatic heterocycles. The Kier molecular flexibility index (Phi) is 9.65. The summed E-state index contributed by atoms with van der Waals surface area (Å²) in [4.78, 5) is 54.5. The van der Waals surface area contributed by atoms with E-state index in [-0.39, 0.29) is 29.7 Å². The molecule has 2 spiro atoms. The standard InChI is InChI=1S/C19H26N2O3.C17H22N2O3/c1-18(2,3)24-17(23)21-11-7-10-19(13-21)15(12-20-16(19)22)14-8-5-4-6-9-14;1-2-18-11-14(13-7-4-3-5-8-13)17(15(18)20)9-6-10-19(12-17)16(21)22/h4-6,8-9,15H,7,10-13H2,1-3H3,(H,20,22);3-5,7-8,14H,2,6,9-12H2,1H3,(H,21,22). The molecule has 4 saturated heterocycles. The summed E-state index contributed by atoms with van der Waals surface area (Å²) in [6.07, 6.45) is 1.89. The van der Waals surface area contributed by atoms with Crippen molar-refractivity contribution in [2.75, 3.05) is 45.8 Å². The zero-order valence-corrected chi connectivity index (χ0v) is 27.5. The van der Waals surface area contributed by atoms with Crippen molar-refractivity contribution in [1.82, 2.24) is 20.0 Å². The molecule has 10 nitrogen and oxygen atoms in total. The zero-order chi connectivity index (χ0) is 33.1. The number of hydrogen-bond donors (Lipinski definition) is 2. The van der Waals surface area contributed by atoms with Crippen molar-refractivity contribution < 1.29 is 29.0 Å². The van der Waals surface area contributed by atoms with Crippen molar-refractivity contribution in [3.8, 4) is 0 Å². The van der Waals surface area contributed by atoms with E-state index in [9.17, 15) is 24.3 Å². The van der Waals surface area contributed by atoms with Gasteiger partial charge in [0.1, 0.15) is 5.60 Å². The maximum absolute atomic E-state index is 13.0. The zero-order valence-electron chi connectivity index (χ0n) is 27.5. The average Bonchev–Trinajstić information content (AvgIpc) is 3.49. The first-order chi connectivity index (χ1) is 21.9. The molecule has 4 aliphatic heterocycles. The minimum atomic E-state index is -0.923. The summed E-state index contributed by atoms with van der Waals surface area (Å²) in [7, 11) is 0. The molecule has 248 valence electrons. The Labute approximate surface area is 272 Å². The van der Waals surface area contributed by atoms with Gasteiger partial charge < -0.3 is 29.9 Å². The van der Waals surface area contributed by atoms with Crippen LogP contribution in [0.25, 0.3) is 0 Å². The molecule has 46 heavy (non-hydrogen) atoms. The summed E-state index contributed by atoms with van der Waals surface area (Å²) in [6.45, 7) is 11.5. The molecule has 0 radical (unpaired) electrons. The second-order valence-corrected chi connectivity index (χ2v) is 14.1. The quantitative estimate of drug-likeness (QED) is 0.474. The Morgan fingerprint density at radius 3 is 1.98 bits per heavy atom. The van der Waals surface area contributed by atoms with Gasteiger partial charge in [0.15, 0.2) is 0 Å². The van der Waals surface area contributed by atoms with Gasteiger partial charge in [-0.25, -0.2) is 9.59 Å². The highest BCUT2D eigenvalue weighted by Crippen LogP contribution is 2.49. The molecule has 4 heterocycles. The van der Waals surface area contributed by atoms with Gasteiger partial charge >= 0.3 is 12.2 Å². The first-order valence-electron chi connectivity index (χ1n) is 16.5. The van der Waals surface area contributed by atoms with E-state index in [1.807, 2.05) is 69.0 Å². The highest BCUT2D eigenvalue weighted by atomic mass is 16.6. The minimum Gasteiger partial charge on any atom is -0.465 e. The SMILES string of the molecule is CC(C)(C)OC(=O)N1CCCC2(C1)C(=O)NCC2c1ccccc1.CCN1CC(c2ccccc2)C2(CCCN(C(=O)O)C2)C1=O. The molecule has 4 atom stereocenters. The number of carboxylic acid groups (broad SMARTS) is 1. The van der Waals surface area contributed by atoms with Crippen LogP contribution in [0.1, 0.15) is 76.3 Å². The number of carbonyl (C=O) groups excluding carboxylic acids is 3. The van der Waals surface area contributed by atoms with E-state index in [4.69, 9.17) is 4.74 Å². The molecular formula is C36H48N4O6. The summed E-state index contributed by atoms with van der Waals surface area (Å²) in [5.41, 5.74) is 0.629. The van der Waals surface area contributed by atoms with Crippen molar-refractivity contribution in [3.63, 3.8) is 0 Å². The van der Waals surface area contributed by atoms with Crippen molar-refractivity contribution >= 4 is 24.0 Å². The first-order valence-corrected chi connectivity index (χ1v) is 16.5. The second kappa shape index (κ2) is 13.3. The first kappa shape index (κ1) is 33.3. The maximum Gasteiger partial charge on any atom is 0.410 e. The number of carbonyl (C=O) groups is 4. The third-order valence-electron chi connectivity index (χ3n) is 10.1. The number of nitrogens with one attached hydrogen (secondary N) is 1. The van der Waals surface area contributed by atoms with Gasteiger partial charge in [-0.1, -0.05) is 60.7 Å². The molecule has 4 fully saturated rings. The molecule has 0 bridgehead atoms. The van der Waals surface area contributed by atoms with E-state index in [1.54, 1.807) is 4.90 Å². The molecule has 0 aliphatic carbocycles. The number of hydrogen-bond acceptors (Lipinski definition) is 5. The number of rotatable bonds is 3. The van der Waals surface area contributed by atoms with Crippen LogP contribution in [-0.2, 0) is 14.3 Å². The number of benzene rings is 2. The maximum atomic E-state index is 13.0. The van der Waals surface area contributed by atoms with Gasteiger partial charge in [0.05, 0.1) is 10.8 Å². The normalized spacial score (nSPS) is 27.8. The Bertz CT molecular complexity index is 1410. The van der Waals surface area contributed by atoms with Crippen molar-refractivity contribution in [1.29, 1.82) is 0 Å². The number of amides is 4. The van der Waals surface area contributed by atoms with Crippen LogP contribution >= 0.6 is 0 Å². The lowest BCUT2D eigenvalue weighted by molar-refractivity contribution is -0.138. The predicted molar refractivity (Wildman–Crippen MR) is 174 cm³/mol. The summed E-state index contributed by atoms with van der Waals surface area (Å²) in [5.74, 6) is 0.346. The van der Waals surface area contributed by atoms with Crippen LogP contribution in [0.3, 0.4) is 0 Å². The fourth-order valence-electron chi connectivity index (χ4n) is 7.91. The molecule has 0 saturated carbocycles. The smallest absolute Gasteiger partial charge is 0.410 e. The molecular weight excluding hydrogens is 584 g/mol.